The van der Waals surface area contributed by atoms with Gasteiger partial charge >= 0.3 is 0 Å². The molecule has 0 aliphatic carbocycles. The van der Waals surface area contributed by atoms with Crippen molar-refractivity contribution in [3.63, 3.8) is 0 Å². The molecule has 0 aliphatic rings. The molecule has 0 radical (unpaired) electrons. The molecular weight excluding hydrogens is 262 g/mol. The highest BCUT2D eigenvalue weighted by Gasteiger charge is 2.32. The van der Waals surface area contributed by atoms with E-state index in [9.17, 15) is 0 Å². The third-order valence-corrected chi connectivity index (χ3v) is 3.50. The second kappa shape index (κ2) is 9.21. The molecule has 3 heteroatoms. The highest BCUT2D eigenvalue weighted by atomic mass is 16.5. The van der Waals surface area contributed by atoms with Gasteiger partial charge in [-0.2, -0.15) is 0 Å². The van der Waals surface area contributed by atoms with Crippen LogP contribution in [0.3, 0.4) is 0 Å². The van der Waals surface area contributed by atoms with Crippen LogP contribution >= 0.6 is 0 Å². The van der Waals surface area contributed by atoms with Gasteiger partial charge in [0.2, 0.25) is 0 Å². The summed E-state index contributed by atoms with van der Waals surface area (Å²) in [6.07, 6.45) is 10.5. The van der Waals surface area contributed by atoms with Crippen LogP contribution in [0.25, 0.3) is 0 Å². The van der Waals surface area contributed by atoms with Crippen molar-refractivity contribution in [1.29, 1.82) is 0 Å². The van der Waals surface area contributed by atoms with Gasteiger partial charge in [-0.1, -0.05) is 42.2 Å². The van der Waals surface area contributed by atoms with Crippen LogP contribution < -0.4 is 0 Å². The van der Waals surface area contributed by atoms with Crippen molar-refractivity contribution in [2.45, 2.75) is 26.4 Å². The van der Waals surface area contributed by atoms with Crippen LogP contribution in [0.1, 0.15) is 19.4 Å². The molecular formula is C18H24NO2+. The van der Waals surface area contributed by atoms with Crippen molar-refractivity contribution >= 4 is 0 Å². The maximum Gasteiger partial charge on any atom is 0.186 e. The van der Waals surface area contributed by atoms with Gasteiger partial charge in [-0.15, -0.1) is 12.8 Å². The molecule has 0 unspecified atom stereocenters. The van der Waals surface area contributed by atoms with E-state index in [2.05, 4.69) is 37.8 Å². The summed E-state index contributed by atoms with van der Waals surface area (Å²) in [5.41, 5.74) is 1.24. The minimum atomic E-state index is 0.302. The highest BCUT2D eigenvalue weighted by Crippen LogP contribution is 2.20. The van der Waals surface area contributed by atoms with E-state index in [0.717, 1.165) is 6.54 Å². The zero-order valence-corrected chi connectivity index (χ0v) is 12.9. The zero-order valence-electron chi connectivity index (χ0n) is 12.9. The van der Waals surface area contributed by atoms with Crippen molar-refractivity contribution in [1.82, 2.24) is 0 Å². The summed E-state index contributed by atoms with van der Waals surface area (Å²) in [5, 5.41) is 0. The summed E-state index contributed by atoms with van der Waals surface area (Å²) >= 11 is 0. The molecule has 1 aromatic rings. The summed E-state index contributed by atoms with van der Waals surface area (Å²) in [5.74, 6) is 5.01. The molecule has 0 saturated carbocycles. The van der Waals surface area contributed by atoms with E-state index in [1.165, 1.54) is 5.56 Å². The number of quaternary nitrogens is 1. The van der Waals surface area contributed by atoms with Crippen LogP contribution in [-0.2, 0) is 16.0 Å². The third kappa shape index (κ3) is 5.61. The Bertz CT molecular complexity index is 462. The molecule has 3 nitrogen and oxygen atoms in total. The normalized spacial score (nSPS) is 11.1. The van der Waals surface area contributed by atoms with Crippen LogP contribution in [0, 0.1) is 24.7 Å². The SMILES string of the molecule is C#CCOC[N+](COCC#C)(Cc1ccccc1)C(C)C. The van der Waals surface area contributed by atoms with Gasteiger partial charge < -0.3 is 9.47 Å². The number of nitrogens with zero attached hydrogens (tertiary/aromatic N) is 1. The monoisotopic (exact) mass is 286 g/mol. The fourth-order valence-corrected chi connectivity index (χ4v) is 2.13. The molecule has 0 bridgehead atoms. The van der Waals surface area contributed by atoms with Gasteiger partial charge in [-0.3, -0.25) is 4.48 Å². The van der Waals surface area contributed by atoms with Gasteiger partial charge in [0.15, 0.2) is 13.5 Å². The van der Waals surface area contributed by atoms with E-state index in [0.29, 0.717) is 37.2 Å². The van der Waals surface area contributed by atoms with Gasteiger partial charge in [0, 0.05) is 5.56 Å². The van der Waals surface area contributed by atoms with Crippen LogP contribution in [0.2, 0.25) is 0 Å². The smallest absolute Gasteiger partial charge is 0.186 e. The van der Waals surface area contributed by atoms with Crippen LogP contribution in [-0.4, -0.2) is 37.2 Å². The lowest BCUT2D eigenvalue weighted by atomic mass is 10.1. The van der Waals surface area contributed by atoms with E-state index >= 15 is 0 Å². The Labute approximate surface area is 128 Å². The highest BCUT2D eigenvalue weighted by molar-refractivity contribution is 5.13. The van der Waals surface area contributed by atoms with Crippen molar-refractivity contribution in [2.75, 3.05) is 26.7 Å². The number of benzene rings is 1. The Morgan fingerprint density at radius 3 is 1.95 bits per heavy atom. The van der Waals surface area contributed by atoms with Crippen LogP contribution in [0.4, 0.5) is 0 Å². The molecule has 0 saturated heterocycles. The predicted molar refractivity (Wildman–Crippen MR) is 84.8 cm³/mol. The first kappa shape index (κ1) is 17.3. The number of terminal acetylenes is 2. The summed E-state index contributed by atoms with van der Waals surface area (Å²) < 4.78 is 11.9. The first-order valence-corrected chi connectivity index (χ1v) is 7.06. The van der Waals surface area contributed by atoms with Gasteiger partial charge in [0.1, 0.15) is 19.8 Å². The van der Waals surface area contributed by atoms with Gasteiger partial charge in [-0.25, -0.2) is 0 Å². The average Bonchev–Trinajstić information content (AvgIpc) is 2.48. The molecule has 0 spiro atoms. The van der Waals surface area contributed by atoms with E-state index < -0.39 is 0 Å². The largest absolute Gasteiger partial charge is 0.319 e. The molecule has 0 aromatic heterocycles. The maximum absolute atomic E-state index is 5.62. The Morgan fingerprint density at radius 2 is 1.52 bits per heavy atom. The fourth-order valence-electron chi connectivity index (χ4n) is 2.13. The molecule has 0 atom stereocenters. The zero-order chi connectivity index (χ0) is 15.6. The molecule has 0 N–H and O–H groups in total. The second-order valence-corrected chi connectivity index (χ2v) is 5.32. The van der Waals surface area contributed by atoms with Crippen molar-refractivity contribution in [2.24, 2.45) is 0 Å². The molecule has 0 fully saturated rings. The first-order valence-electron chi connectivity index (χ1n) is 7.06. The summed E-state index contributed by atoms with van der Waals surface area (Å²) in [6.45, 7) is 6.73. The Balaban J connectivity index is 2.88. The minimum Gasteiger partial charge on any atom is -0.319 e. The van der Waals surface area contributed by atoms with Gasteiger partial charge in [-0.05, 0) is 13.8 Å². The average molecular weight is 286 g/mol. The Kier molecular flexibility index (Phi) is 7.58. The lowest BCUT2D eigenvalue weighted by Crippen LogP contribution is -2.55. The predicted octanol–water partition coefficient (Wildman–Crippen LogP) is 2.63. The van der Waals surface area contributed by atoms with Crippen molar-refractivity contribution in [3.05, 3.63) is 35.9 Å². The Hall–Kier alpha value is -1.78. The third-order valence-electron chi connectivity index (χ3n) is 3.50. The molecule has 21 heavy (non-hydrogen) atoms. The van der Waals surface area contributed by atoms with Gasteiger partial charge in [0.05, 0.1) is 6.04 Å². The maximum atomic E-state index is 5.62. The lowest BCUT2D eigenvalue weighted by molar-refractivity contribution is -0.992. The quantitative estimate of drug-likeness (QED) is 0.301. The minimum absolute atomic E-state index is 0.302. The summed E-state index contributed by atoms with van der Waals surface area (Å²) in [6, 6.07) is 10.6. The standard InChI is InChI=1S/C18H24NO2/c1-5-12-20-15-19(17(3)4,16-21-13-6-2)14-18-10-8-7-9-11-18/h1-2,7-11,17H,12-16H2,3-4H3/q+1. The lowest BCUT2D eigenvalue weighted by Gasteiger charge is -2.41. The van der Waals surface area contributed by atoms with E-state index in [4.69, 9.17) is 22.3 Å². The number of rotatable bonds is 9. The first-order chi connectivity index (χ1) is 10.1. The molecule has 0 aliphatic heterocycles. The van der Waals surface area contributed by atoms with E-state index in [-0.39, 0.29) is 0 Å². The molecule has 0 heterocycles. The van der Waals surface area contributed by atoms with Crippen LogP contribution in [0.5, 0.6) is 0 Å². The topological polar surface area (TPSA) is 18.5 Å². The van der Waals surface area contributed by atoms with Crippen LogP contribution in [0.15, 0.2) is 30.3 Å². The Morgan fingerprint density at radius 1 is 1.00 bits per heavy atom. The number of ether oxygens (including phenoxy) is 2. The molecule has 1 rings (SSSR count). The summed E-state index contributed by atoms with van der Waals surface area (Å²) in [7, 11) is 0. The number of hydrogen-bond acceptors (Lipinski definition) is 2. The second-order valence-electron chi connectivity index (χ2n) is 5.32. The molecule has 1 aromatic carbocycles. The van der Waals surface area contributed by atoms with E-state index in [1.54, 1.807) is 0 Å². The summed E-state index contributed by atoms with van der Waals surface area (Å²) in [4.78, 5) is 0. The molecule has 0 amide bonds. The van der Waals surface area contributed by atoms with Crippen molar-refractivity contribution in [3.8, 4) is 24.7 Å². The molecule has 112 valence electrons. The van der Waals surface area contributed by atoms with E-state index in [1.807, 2.05) is 18.2 Å². The fraction of sp³-hybridized carbons (Fsp3) is 0.444. The van der Waals surface area contributed by atoms with Gasteiger partial charge in [0.25, 0.3) is 0 Å². The van der Waals surface area contributed by atoms with Crippen molar-refractivity contribution < 1.29 is 14.0 Å². The number of hydrogen-bond donors (Lipinski definition) is 0.